The number of likely N-dealkylation sites (tertiary alicyclic amines) is 1. The van der Waals surface area contributed by atoms with E-state index in [1.165, 1.54) is 11.1 Å². The largest absolute Gasteiger partial charge is 0.493 e. The van der Waals surface area contributed by atoms with E-state index in [2.05, 4.69) is 42.7 Å². The van der Waals surface area contributed by atoms with Crippen molar-refractivity contribution < 1.29 is 9.53 Å². The Morgan fingerprint density at radius 2 is 1.93 bits per heavy atom. The molecule has 1 atom stereocenters. The fraction of sp³-hybridized carbons (Fsp3) is 0.440. The third kappa shape index (κ3) is 4.07. The topological polar surface area (TPSA) is 47.4 Å². The quantitative estimate of drug-likeness (QED) is 0.504. The molecule has 1 saturated heterocycles. The van der Waals surface area contributed by atoms with Crippen molar-refractivity contribution in [2.24, 2.45) is 0 Å². The molecule has 1 amide bonds. The van der Waals surface area contributed by atoms with Crippen LogP contribution in [0.3, 0.4) is 0 Å². The van der Waals surface area contributed by atoms with E-state index in [9.17, 15) is 4.79 Å². The van der Waals surface area contributed by atoms with Gasteiger partial charge in [0.2, 0.25) is 5.91 Å². The van der Waals surface area contributed by atoms with Crippen LogP contribution in [0.4, 0.5) is 0 Å². The van der Waals surface area contributed by atoms with Crippen molar-refractivity contribution in [3.8, 4) is 5.75 Å². The first-order valence-electron chi connectivity index (χ1n) is 11.0. The molecular weight excluding hydrogens is 374 g/mol. The third-order valence-corrected chi connectivity index (χ3v) is 6.23. The molecule has 0 N–H and O–H groups in total. The first-order valence-corrected chi connectivity index (χ1v) is 11.0. The minimum absolute atomic E-state index is 0.177. The molecule has 2 heterocycles. The van der Waals surface area contributed by atoms with Crippen LogP contribution in [0.15, 0.2) is 42.5 Å². The average Bonchev–Trinajstić information content (AvgIpc) is 3.31. The maximum atomic E-state index is 12.3. The van der Waals surface area contributed by atoms with Gasteiger partial charge in [0.15, 0.2) is 0 Å². The summed E-state index contributed by atoms with van der Waals surface area (Å²) in [5.41, 5.74) is 4.65. The number of imidazole rings is 1. The number of ether oxygens (including phenoxy) is 1. The summed E-state index contributed by atoms with van der Waals surface area (Å²) in [6.07, 6.45) is 2.55. The van der Waals surface area contributed by atoms with E-state index in [1.807, 2.05) is 30.0 Å². The molecule has 0 radical (unpaired) electrons. The lowest BCUT2D eigenvalue weighted by Crippen LogP contribution is -2.24. The van der Waals surface area contributed by atoms with Crippen LogP contribution >= 0.6 is 0 Å². The molecule has 1 aliphatic heterocycles. The highest BCUT2D eigenvalue weighted by Gasteiger charge is 2.32. The van der Waals surface area contributed by atoms with E-state index < -0.39 is 0 Å². The van der Waals surface area contributed by atoms with Gasteiger partial charge >= 0.3 is 0 Å². The highest BCUT2D eigenvalue weighted by molar-refractivity contribution is 5.80. The normalized spacial score (nSPS) is 16.6. The van der Waals surface area contributed by atoms with Crippen molar-refractivity contribution in [2.45, 2.75) is 52.5 Å². The van der Waals surface area contributed by atoms with Crippen LogP contribution in [0.1, 0.15) is 49.1 Å². The Balaban J connectivity index is 1.43. The number of rotatable bonds is 8. The maximum Gasteiger partial charge on any atom is 0.223 e. The zero-order valence-electron chi connectivity index (χ0n) is 18.2. The summed E-state index contributed by atoms with van der Waals surface area (Å²) in [7, 11) is 0. The lowest BCUT2D eigenvalue weighted by molar-refractivity contribution is -0.127. The number of aryl methyl sites for hydroxylation is 2. The summed E-state index contributed by atoms with van der Waals surface area (Å²) in [6.45, 7) is 9.40. The number of amides is 1. The molecule has 1 aliphatic rings. The monoisotopic (exact) mass is 405 g/mol. The van der Waals surface area contributed by atoms with Crippen LogP contribution in [0, 0.1) is 13.8 Å². The molecule has 0 bridgehead atoms. The number of likely N-dealkylation sites (N-methyl/N-ethyl adjacent to an activating group) is 1. The van der Waals surface area contributed by atoms with Gasteiger partial charge in [0.25, 0.3) is 0 Å². The Bertz CT molecular complexity index is 1040. The molecule has 5 nitrogen and oxygen atoms in total. The second-order valence-electron chi connectivity index (χ2n) is 8.20. The number of carbonyl (C=O) groups excluding carboxylic acids is 1. The van der Waals surface area contributed by atoms with Crippen molar-refractivity contribution in [3.05, 3.63) is 59.4 Å². The van der Waals surface area contributed by atoms with Crippen LogP contribution in [0.25, 0.3) is 11.0 Å². The first-order chi connectivity index (χ1) is 14.6. The van der Waals surface area contributed by atoms with Crippen molar-refractivity contribution in [1.29, 1.82) is 0 Å². The second kappa shape index (κ2) is 8.90. The van der Waals surface area contributed by atoms with Crippen molar-refractivity contribution in [3.63, 3.8) is 0 Å². The zero-order chi connectivity index (χ0) is 21.1. The second-order valence-corrected chi connectivity index (χ2v) is 8.20. The number of benzene rings is 2. The van der Waals surface area contributed by atoms with Gasteiger partial charge in [-0.3, -0.25) is 4.79 Å². The van der Waals surface area contributed by atoms with Crippen LogP contribution in [0.5, 0.6) is 5.75 Å². The van der Waals surface area contributed by atoms with E-state index in [0.29, 0.717) is 13.0 Å². The summed E-state index contributed by atoms with van der Waals surface area (Å²) in [6, 6.07) is 14.5. The number of fused-ring (bicyclic) bond motifs is 1. The van der Waals surface area contributed by atoms with Crippen LogP contribution < -0.4 is 4.74 Å². The molecule has 3 aromatic rings. The maximum absolute atomic E-state index is 12.3. The van der Waals surface area contributed by atoms with E-state index in [1.54, 1.807) is 0 Å². The number of para-hydroxylation sites is 2. The van der Waals surface area contributed by atoms with E-state index >= 15 is 0 Å². The molecule has 4 rings (SSSR count). The SMILES string of the molecule is CCN1CC(c2nc3ccccc3n2CCCCOc2cccc(C)c2C)CC1=O. The van der Waals surface area contributed by atoms with Gasteiger partial charge in [-0.1, -0.05) is 24.3 Å². The van der Waals surface area contributed by atoms with Gasteiger partial charge in [0.05, 0.1) is 17.6 Å². The average molecular weight is 406 g/mol. The molecule has 1 fully saturated rings. The van der Waals surface area contributed by atoms with Crippen LogP contribution in [-0.4, -0.2) is 40.1 Å². The van der Waals surface area contributed by atoms with E-state index in [-0.39, 0.29) is 11.8 Å². The van der Waals surface area contributed by atoms with Gasteiger partial charge in [-0.2, -0.15) is 0 Å². The number of nitrogens with zero attached hydrogens (tertiary/aromatic N) is 3. The number of unbranched alkanes of at least 4 members (excludes halogenated alkanes) is 1. The molecule has 0 spiro atoms. The van der Waals surface area contributed by atoms with E-state index in [0.717, 1.165) is 55.1 Å². The molecule has 30 heavy (non-hydrogen) atoms. The molecule has 1 aromatic heterocycles. The van der Waals surface area contributed by atoms with Crippen molar-refractivity contribution in [2.75, 3.05) is 19.7 Å². The van der Waals surface area contributed by atoms with Gasteiger partial charge in [0, 0.05) is 32.0 Å². The Kier molecular flexibility index (Phi) is 6.07. The van der Waals surface area contributed by atoms with Crippen molar-refractivity contribution in [1.82, 2.24) is 14.5 Å². The fourth-order valence-corrected chi connectivity index (χ4v) is 4.33. The number of carbonyl (C=O) groups is 1. The molecule has 2 aromatic carbocycles. The smallest absolute Gasteiger partial charge is 0.223 e. The lowest BCUT2D eigenvalue weighted by Gasteiger charge is -2.15. The first kappa shape index (κ1) is 20.5. The summed E-state index contributed by atoms with van der Waals surface area (Å²) in [4.78, 5) is 19.1. The Labute approximate surface area is 178 Å². The Morgan fingerprint density at radius 3 is 2.73 bits per heavy atom. The lowest BCUT2D eigenvalue weighted by atomic mass is 10.1. The Hall–Kier alpha value is -2.82. The highest BCUT2D eigenvalue weighted by atomic mass is 16.5. The van der Waals surface area contributed by atoms with Gasteiger partial charge in [-0.25, -0.2) is 4.98 Å². The third-order valence-electron chi connectivity index (χ3n) is 6.23. The summed E-state index contributed by atoms with van der Waals surface area (Å²) < 4.78 is 8.34. The Morgan fingerprint density at radius 1 is 1.10 bits per heavy atom. The van der Waals surface area contributed by atoms with Crippen LogP contribution in [0.2, 0.25) is 0 Å². The van der Waals surface area contributed by atoms with Crippen molar-refractivity contribution >= 4 is 16.9 Å². The summed E-state index contributed by atoms with van der Waals surface area (Å²) >= 11 is 0. The van der Waals surface area contributed by atoms with Gasteiger partial charge in [-0.15, -0.1) is 0 Å². The molecule has 0 aliphatic carbocycles. The number of aromatic nitrogens is 2. The molecule has 158 valence electrons. The van der Waals surface area contributed by atoms with Gasteiger partial charge in [-0.05, 0) is 62.9 Å². The van der Waals surface area contributed by atoms with Gasteiger partial charge in [0.1, 0.15) is 11.6 Å². The fourth-order valence-electron chi connectivity index (χ4n) is 4.33. The molecule has 1 unspecified atom stereocenters. The summed E-state index contributed by atoms with van der Waals surface area (Å²) in [5.74, 6) is 2.45. The van der Waals surface area contributed by atoms with E-state index in [4.69, 9.17) is 9.72 Å². The minimum Gasteiger partial charge on any atom is -0.493 e. The van der Waals surface area contributed by atoms with Gasteiger partial charge < -0.3 is 14.2 Å². The highest BCUT2D eigenvalue weighted by Crippen LogP contribution is 2.30. The predicted octanol–water partition coefficient (Wildman–Crippen LogP) is 4.85. The van der Waals surface area contributed by atoms with Crippen LogP contribution in [-0.2, 0) is 11.3 Å². The number of hydrogen-bond acceptors (Lipinski definition) is 3. The zero-order valence-corrected chi connectivity index (χ0v) is 18.2. The minimum atomic E-state index is 0.177. The predicted molar refractivity (Wildman–Crippen MR) is 120 cm³/mol. The molecule has 5 heteroatoms. The molecule has 0 saturated carbocycles. The molecular formula is C25H31N3O2. The summed E-state index contributed by atoms with van der Waals surface area (Å²) in [5, 5.41) is 0. The standard InChI is InChI=1S/C25H31N3O2/c1-4-27-17-20(16-24(27)29)25-26-21-11-5-6-12-22(21)28(25)14-7-8-15-30-23-13-9-10-18(2)19(23)3/h5-6,9-13,20H,4,7-8,14-17H2,1-3H3. The number of hydrogen-bond donors (Lipinski definition) is 0.